The Morgan fingerprint density at radius 3 is 2.67 bits per heavy atom. The monoisotopic (exact) mass is 488 g/mol. The predicted octanol–water partition coefficient (Wildman–Crippen LogP) is 3.52. The lowest BCUT2D eigenvalue weighted by Gasteiger charge is -2.38. The topological polar surface area (TPSA) is 49.8 Å². The number of pyridine rings is 1. The Morgan fingerprint density at radius 2 is 2.00 bits per heavy atom. The highest BCUT2D eigenvalue weighted by Gasteiger charge is 2.28. The molecule has 27 heavy (non-hydrogen) atoms. The number of hydrogen-bond acceptors (Lipinski definition) is 3. The summed E-state index contributed by atoms with van der Waals surface area (Å²) < 4.78 is 32.9. The number of benzene rings is 1. The van der Waals surface area contributed by atoms with Crippen LogP contribution >= 0.6 is 24.0 Å². The molecule has 1 saturated heterocycles. The summed E-state index contributed by atoms with van der Waals surface area (Å²) in [5, 5.41) is 3.16. The second-order valence-corrected chi connectivity index (χ2v) is 6.22. The van der Waals surface area contributed by atoms with Crippen LogP contribution < -0.4 is 5.32 Å². The number of nitrogens with one attached hydrogen (secondary N) is 1. The highest BCUT2D eigenvalue weighted by Crippen LogP contribution is 2.25. The van der Waals surface area contributed by atoms with Crippen LogP contribution in [-0.2, 0) is 11.3 Å². The number of ether oxygens (including phenoxy) is 1. The van der Waals surface area contributed by atoms with Crippen LogP contribution in [0.2, 0.25) is 0 Å². The van der Waals surface area contributed by atoms with Crippen molar-refractivity contribution in [3.8, 4) is 0 Å². The fourth-order valence-electron chi connectivity index (χ4n) is 3.03. The number of hydrogen-bond donors (Lipinski definition) is 1. The zero-order valence-corrected chi connectivity index (χ0v) is 17.6. The molecule has 1 aromatic heterocycles. The van der Waals surface area contributed by atoms with E-state index in [1.165, 1.54) is 18.2 Å². The molecule has 1 N–H and O–H groups in total. The zero-order valence-electron chi connectivity index (χ0n) is 15.2. The third kappa shape index (κ3) is 5.58. The van der Waals surface area contributed by atoms with E-state index in [9.17, 15) is 8.78 Å². The lowest BCUT2D eigenvalue weighted by Crippen LogP contribution is -2.50. The van der Waals surface area contributed by atoms with E-state index in [0.29, 0.717) is 24.7 Å². The predicted molar refractivity (Wildman–Crippen MR) is 111 cm³/mol. The van der Waals surface area contributed by atoms with E-state index in [4.69, 9.17) is 4.74 Å². The number of morpholine rings is 1. The number of rotatable bonds is 3. The smallest absolute Gasteiger partial charge is 0.194 e. The molecular weight excluding hydrogens is 465 g/mol. The van der Waals surface area contributed by atoms with E-state index in [1.54, 1.807) is 31.4 Å². The molecule has 1 aliphatic rings. The molecule has 1 fully saturated rings. The molecule has 1 aliphatic heterocycles. The first-order chi connectivity index (χ1) is 12.6. The molecule has 8 heteroatoms. The molecule has 0 spiro atoms. The van der Waals surface area contributed by atoms with Gasteiger partial charge in [0.15, 0.2) is 5.96 Å². The number of aromatic nitrogens is 1. The largest absolute Gasteiger partial charge is 0.367 e. The summed E-state index contributed by atoms with van der Waals surface area (Å²) >= 11 is 0. The highest BCUT2D eigenvalue weighted by atomic mass is 127. The van der Waals surface area contributed by atoms with Crippen molar-refractivity contribution in [2.75, 3.05) is 20.1 Å². The molecule has 2 heterocycles. The molecule has 0 bridgehead atoms. The molecule has 0 saturated carbocycles. The van der Waals surface area contributed by atoms with Gasteiger partial charge in [-0.05, 0) is 36.8 Å². The zero-order chi connectivity index (χ0) is 18.5. The third-order valence-corrected chi connectivity index (χ3v) is 4.26. The van der Waals surface area contributed by atoms with Gasteiger partial charge in [-0.1, -0.05) is 12.1 Å². The van der Waals surface area contributed by atoms with Crippen LogP contribution in [0.15, 0.2) is 47.6 Å². The third-order valence-electron chi connectivity index (χ3n) is 4.26. The van der Waals surface area contributed by atoms with Crippen LogP contribution in [0.25, 0.3) is 0 Å². The van der Waals surface area contributed by atoms with E-state index in [1.807, 2.05) is 6.92 Å². The van der Waals surface area contributed by atoms with E-state index in [-0.39, 0.29) is 54.4 Å². The van der Waals surface area contributed by atoms with Gasteiger partial charge in [-0.2, -0.15) is 0 Å². The van der Waals surface area contributed by atoms with Crippen LogP contribution in [0.1, 0.15) is 24.3 Å². The maximum absolute atomic E-state index is 13.8. The average molecular weight is 488 g/mol. The SMILES string of the molecule is CN=C(NCc1ncccc1F)N1CC(C)OC(c2ccc(F)cc2)C1.I. The van der Waals surface area contributed by atoms with E-state index >= 15 is 0 Å². The molecule has 0 aliphatic carbocycles. The van der Waals surface area contributed by atoms with Gasteiger partial charge in [-0.15, -0.1) is 24.0 Å². The average Bonchev–Trinajstić information content (AvgIpc) is 2.64. The standard InChI is InChI=1S/C19H22F2N4O.HI/c1-13-11-25(12-18(26-13)14-5-7-15(20)8-6-14)19(22-2)24-10-17-16(21)4-3-9-23-17;/h3-9,13,18H,10-12H2,1-2H3,(H,22,24);1H. The lowest BCUT2D eigenvalue weighted by atomic mass is 10.1. The molecule has 1 aromatic carbocycles. The second-order valence-electron chi connectivity index (χ2n) is 6.22. The van der Waals surface area contributed by atoms with Gasteiger partial charge >= 0.3 is 0 Å². The molecule has 3 rings (SSSR count). The van der Waals surface area contributed by atoms with Crippen molar-refractivity contribution in [1.82, 2.24) is 15.2 Å². The quantitative estimate of drug-likeness (QED) is 0.408. The minimum Gasteiger partial charge on any atom is -0.367 e. The van der Waals surface area contributed by atoms with Crippen molar-refractivity contribution in [3.63, 3.8) is 0 Å². The molecule has 5 nitrogen and oxygen atoms in total. The molecule has 146 valence electrons. The maximum Gasteiger partial charge on any atom is 0.194 e. The van der Waals surface area contributed by atoms with Crippen molar-refractivity contribution < 1.29 is 13.5 Å². The molecule has 0 radical (unpaired) electrons. The van der Waals surface area contributed by atoms with Gasteiger partial charge < -0.3 is 15.0 Å². The Labute approximate surface area is 174 Å². The van der Waals surface area contributed by atoms with Crippen molar-refractivity contribution >= 4 is 29.9 Å². The fourth-order valence-corrected chi connectivity index (χ4v) is 3.03. The van der Waals surface area contributed by atoms with Crippen LogP contribution in [0.5, 0.6) is 0 Å². The fraction of sp³-hybridized carbons (Fsp3) is 0.368. The summed E-state index contributed by atoms with van der Waals surface area (Å²) in [4.78, 5) is 10.4. The van der Waals surface area contributed by atoms with Crippen LogP contribution in [0, 0.1) is 11.6 Å². The van der Waals surface area contributed by atoms with Gasteiger partial charge in [0.2, 0.25) is 0 Å². The second kappa shape index (κ2) is 9.93. The van der Waals surface area contributed by atoms with E-state index in [0.717, 1.165) is 5.56 Å². The van der Waals surface area contributed by atoms with Crippen LogP contribution in [-0.4, -0.2) is 42.1 Å². The first-order valence-electron chi connectivity index (χ1n) is 8.52. The minimum atomic E-state index is -0.352. The van der Waals surface area contributed by atoms with E-state index in [2.05, 4.69) is 20.2 Å². The van der Waals surface area contributed by atoms with E-state index < -0.39 is 0 Å². The lowest BCUT2D eigenvalue weighted by molar-refractivity contribution is -0.0605. The summed E-state index contributed by atoms with van der Waals surface area (Å²) in [6.45, 7) is 3.45. The summed E-state index contributed by atoms with van der Waals surface area (Å²) in [7, 11) is 1.68. The molecular formula is C19H23F2IN4O. The summed E-state index contributed by atoms with van der Waals surface area (Å²) in [5.41, 5.74) is 1.25. The summed E-state index contributed by atoms with van der Waals surface area (Å²) in [5.74, 6) is 0.0247. The van der Waals surface area contributed by atoms with Crippen LogP contribution in [0.3, 0.4) is 0 Å². The van der Waals surface area contributed by atoms with Gasteiger partial charge in [-0.25, -0.2) is 8.78 Å². The first-order valence-corrected chi connectivity index (χ1v) is 8.52. The van der Waals surface area contributed by atoms with Crippen molar-refractivity contribution in [3.05, 3.63) is 65.5 Å². The summed E-state index contributed by atoms with van der Waals surface area (Å²) in [6.07, 6.45) is 1.35. The number of halogens is 3. The van der Waals surface area contributed by atoms with Gasteiger partial charge in [0, 0.05) is 19.8 Å². The number of guanidine groups is 1. The number of aliphatic imine (C=N–C) groups is 1. The van der Waals surface area contributed by atoms with Crippen molar-refractivity contribution in [2.24, 2.45) is 4.99 Å². The highest BCUT2D eigenvalue weighted by molar-refractivity contribution is 14.0. The molecule has 2 unspecified atom stereocenters. The Hall–Kier alpha value is -1.81. The number of nitrogens with zero attached hydrogens (tertiary/aromatic N) is 3. The molecule has 0 amide bonds. The van der Waals surface area contributed by atoms with Crippen molar-refractivity contribution in [1.29, 1.82) is 0 Å². The normalized spacial score (nSPS) is 20.1. The van der Waals surface area contributed by atoms with Gasteiger partial charge in [0.25, 0.3) is 0 Å². The Bertz CT molecular complexity index is 773. The summed E-state index contributed by atoms with van der Waals surface area (Å²) in [6, 6.07) is 9.27. The van der Waals surface area contributed by atoms with Gasteiger partial charge in [-0.3, -0.25) is 9.98 Å². The minimum absolute atomic E-state index is 0. The molecule has 2 atom stereocenters. The Kier molecular flexibility index (Phi) is 7.91. The maximum atomic E-state index is 13.8. The van der Waals surface area contributed by atoms with Crippen molar-refractivity contribution in [2.45, 2.75) is 25.7 Å². The molecule has 2 aromatic rings. The Morgan fingerprint density at radius 1 is 1.26 bits per heavy atom. The first kappa shape index (κ1) is 21.5. The van der Waals surface area contributed by atoms with Gasteiger partial charge in [0.1, 0.15) is 17.7 Å². The van der Waals surface area contributed by atoms with Gasteiger partial charge in [0.05, 0.1) is 24.9 Å². The Balaban J connectivity index is 0.00000261. The van der Waals surface area contributed by atoms with Crippen LogP contribution in [0.4, 0.5) is 8.78 Å².